The molecule has 0 spiro atoms. The van der Waals surface area contributed by atoms with Crippen LogP contribution in [0.3, 0.4) is 0 Å². The van der Waals surface area contributed by atoms with E-state index in [0.29, 0.717) is 10.6 Å². The van der Waals surface area contributed by atoms with Crippen molar-refractivity contribution in [2.75, 3.05) is 0 Å². The number of H-pyrrole nitrogens is 1. The Labute approximate surface area is 201 Å². The first-order valence-electron chi connectivity index (χ1n) is 9.72. The summed E-state index contributed by atoms with van der Waals surface area (Å²) in [6, 6.07) is 17.3. The average Bonchev–Trinajstić information content (AvgIpc) is 2.79. The second-order valence-electron chi connectivity index (χ2n) is 7.34. The van der Waals surface area contributed by atoms with Crippen molar-refractivity contribution < 1.29 is 18.3 Å². The van der Waals surface area contributed by atoms with Gasteiger partial charge in [-0.2, -0.15) is 18.4 Å². The lowest BCUT2D eigenvalue weighted by molar-refractivity contribution is -0.137. The van der Waals surface area contributed by atoms with E-state index in [0.717, 1.165) is 23.8 Å². The lowest BCUT2D eigenvalue weighted by atomic mass is 9.95. The van der Waals surface area contributed by atoms with E-state index in [1.807, 2.05) is 0 Å². The Morgan fingerprint density at radius 2 is 1.53 bits per heavy atom. The van der Waals surface area contributed by atoms with Crippen LogP contribution in [0, 0.1) is 11.3 Å². The number of nitrogens with one attached hydrogen (secondary N) is 1. The minimum absolute atomic E-state index is 0.0693. The van der Waals surface area contributed by atoms with Gasteiger partial charge in [-0.15, -0.1) is 0 Å². The largest absolute Gasteiger partial charge is 0.507 e. The highest BCUT2D eigenvalue weighted by atomic mass is 35.5. The SMILES string of the molecule is N#Cc1c(-c2cc(C(F)(F)F)ccc2Cl)cc(-c2cc(-c3ccc(Cl)cc3)ccc2O)[nH]c1=O. The molecule has 0 radical (unpaired) electrons. The van der Waals surface area contributed by atoms with Crippen molar-refractivity contribution in [3.05, 3.63) is 98.3 Å². The summed E-state index contributed by atoms with van der Waals surface area (Å²) in [6.07, 6.45) is -4.65. The van der Waals surface area contributed by atoms with Gasteiger partial charge < -0.3 is 10.1 Å². The third-order valence-electron chi connectivity index (χ3n) is 5.19. The molecule has 4 rings (SSSR count). The van der Waals surface area contributed by atoms with Gasteiger partial charge in [-0.3, -0.25) is 4.79 Å². The van der Waals surface area contributed by atoms with Crippen LogP contribution in [0.5, 0.6) is 5.75 Å². The Hall–Kier alpha value is -3.73. The number of aromatic hydroxyl groups is 1. The lowest BCUT2D eigenvalue weighted by Gasteiger charge is -2.14. The molecular weight excluding hydrogens is 488 g/mol. The van der Waals surface area contributed by atoms with Crippen LogP contribution in [0.2, 0.25) is 10.0 Å². The number of nitrogens with zero attached hydrogens (tertiary/aromatic N) is 1. The van der Waals surface area contributed by atoms with E-state index in [4.69, 9.17) is 23.2 Å². The van der Waals surface area contributed by atoms with Gasteiger partial charge in [-0.05, 0) is 59.7 Å². The molecule has 0 unspecified atom stereocenters. The first-order chi connectivity index (χ1) is 16.1. The molecule has 0 bridgehead atoms. The number of phenols is 1. The van der Waals surface area contributed by atoms with Gasteiger partial charge in [0.05, 0.1) is 11.3 Å². The third kappa shape index (κ3) is 4.51. The number of hydrogen-bond donors (Lipinski definition) is 2. The Kier molecular flexibility index (Phi) is 6.13. The van der Waals surface area contributed by atoms with Crippen LogP contribution in [0.1, 0.15) is 11.1 Å². The maximum atomic E-state index is 13.3. The summed E-state index contributed by atoms with van der Waals surface area (Å²) in [4.78, 5) is 15.2. The van der Waals surface area contributed by atoms with Crippen molar-refractivity contribution >= 4 is 23.2 Å². The highest BCUT2D eigenvalue weighted by molar-refractivity contribution is 6.33. The fourth-order valence-electron chi connectivity index (χ4n) is 3.51. The maximum absolute atomic E-state index is 13.3. The summed E-state index contributed by atoms with van der Waals surface area (Å²) < 4.78 is 39.9. The van der Waals surface area contributed by atoms with Crippen LogP contribution < -0.4 is 5.56 Å². The highest BCUT2D eigenvalue weighted by Crippen LogP contribution is 2.39. The molecule has 9 heteroatoms. The van der Waals surface area contributed by atoms with E-state index < -0.39 is 22.9 Å². The number of aromatic nitrogens is 1. The number of pyridine rings is 1. The molecule has 4 nitrogen and oxygen atoms in total. The van der Waals surface area contributed by atoms with Crippen molar-refractivity contribution in [2.45, 2.75) is 6.18 Å². The summed E-state index contributed by atoms with van der Waals surface area (Å²) in [7, 11) is 0. The molecule has 0 aliphatic heterocycles. The lowest BCUT2D eigenvalue weighted by Crippen LogP contribution is -2.13. The summed E-state index contributed by atoms with van der Waals surface area (Å²) in [6.45, 7) is 0. The Balaban J connectivity index is 1.94. The van der Waals surface area contributed by atoms with Crippen LogP contribution in [-0.4, -0.2) is 10.1 Å². The molecule has 34 heavy (non-hydrogen) atoms. The molecule has 0 aliphatic rings. The predicted molar refractivity (Wildman–Crippen MR) is 125 cm³/mol. The molecule has 3 aromatic carbocycles. The zero-order valence-corrected chi connectivity index (χ0v) is 18.6. The van der Waals surface area contributed by atoms with E-state index in [1.54, 1.807) is 42.5 Å². The van der Waals surface area contributed by atoms with Gasteiger partial charge in [0, 0.05) is 26.7 Å². The van der Waals surface area contributed by atoms with Gasteiger partial charge >= 0.3 is 6.18 Å². The second-order valence-corrected chi connectivity index (χ2v) is 8.19. The average molecular weight is 501 g/mol. The summed E-state index contributed by atoms with van der Waals surface area (Å²) in [5, 5.41) is 20.5. The molecule has 0 fully saturated rings. The zero-order valence-electron chi connectivity index (χ0n) is 17.0. The number of nitriles is 1. The quantitative estimate of drug-likeness (QED) is 0.310. The van der Waals surface area contributed by atoms with Gasteiger partial charge in [0.15, 0.2) is 0 Å². The number of rotatable bonds is 3. The van der Waals surface area contributed by atoms with Crippen molar-refractivity contribution in [2.24, 2.45) is 0 Å². The Bertz CT molecular complexity index is 1510. The van der Waals surface area contributed by atoms with E-state index in [9.17, 15) is 28.3 Å². The van der Waals surface area contributed by atoms with E-state index >= 15 is 0 Å². The minimum atomic E-state index is -4.65. The maximum Gasteiger partial charge on any atom is 0.416 e. The van der Waals surface area contributed by atoms with Gasteiger partial charge in [-0.25, -0.2) is 0 Å². The summed E-state index contributed by atoms with van der Waals surface area (Å²) in [5.41, 5.74) is -0.666. The van der Waals surface area contributed by atoms with Gasteiger partial charge in [0.2, 0.25) is 0 Å². The fourth-order valence-corrected chi connectivity index (χ4v) is 3.86. The van der Waals surface area contributed by atoms with Crippen molar-refractivity contribution in [1.82, 2.24) is 4.98 Å². The molecule has 2 N–H and O–H groups in total. The molecule has 170 valence electrons. The molecule has 4 aromatic rings. The normalized spacial score (nSPS) is 11.3. The molecule has 1 heterocycles. The highest BCUT2D eigenvalue weighted by Gasteiger charge is 2.31. The number of phenolic OH excluding ortho intramolecular Hbond substituents is 1. The van der Waals surface area contributed by atoms with E-state index in [-0.39, 0.29) is 33.2 Å². The van der Waals surface area contributed by atoms with Crippen LogP contribution in [0.15, 0.2) is 71.5 Å². The first kappa shape index (κ1) is 23.4. The Morgan fingerprint density at radius 1 is 0.853 bits per heavy atom. The molecule has 0 amide bonds. The van der Waals surface area contributed by atoms with Gasteiger partial charge in [0.1, 0.15) is 17.4 Å². The molecular formula is C25H13Cl2F3N2O2. The van der Waals surface area contributed by atoms with Gasteiger partial charge in [-0.1, -0.05) is 41.4 Å². The smallest absolute Gasteiger partial charge is 0.416 e. The van der Waals surface area contributed by atoms with Crippen molar-refractivity contribution in [1.29, 1.82) is 5.26 Å². The van der Waals surface area contributed by atoms with E-state index in [1.165, 1.54) is 12.1 Å². The third-order valence-corrected chi connectivity index (χ3v) is 5.77. The Morgan fingerprint density at radius 3 is 2.18 bits per heavy atom. The van der Waals surface area contributed by atoms with E-state index in [2.05, 4.69) is 4.98 Å². The number of benzene rings is 3. The molecule has 0 saturated heterocycles. The van der Waals surface area contributed by atoms with Crippen LogP contribution >= 0.6 is 23.2 Å². The predicted octanol–water partition coefficient (Wildman–Crippen LogP) is 7.28. The molecule has 0 atom stereocenters. The fraction of sp³-hybridized carbons (Fsp3) is 0.0400. The molecule has 0 saturated carbocycles. The standard InChI is InChI=1S/C25H13Cl2F3N2O2/c26-16-5-1-13(2-6-16)14-3-8-23(33)19(9-14)22-11-17(20(12-31)24(34)32-22)18-10-15(25(28,29)30)4-7-21(18)27/h1-11,33H,(H,32,34). The number of alkyl halides is 3. The van der Waals surface area contributed by atoms with Crippen LogP contribution in [-0.2, 0) is 6.18 Å². The molecule has 0 aliphatic carbocycles. The van der Waals surface area contributed by atoms with Crippen LogP contribution in [0.4, 0.5) is 13.2 Å². The topological polar surface area (TPSA) is 76.9 Å². The monoisotopic (exact) mass is 500 g/mol. The number of halogens is 5. The van der Waals surface area contributed by atoms with Gasteiger partial charge in [0.25, 0.3) is 5.56 Å². The first-order valence-corrected chi connectivity index (χ1v) is 10.5. The summed E-state index contributed by atoms with van der Waals surface area (Å²) in [5.74, 6) is -0.181. The second kappa shape index (κ2) is 8.90. The molecule has 1 aromatic heterocycles. The van der Waals surface area contributed by atoms with Crippen molar-refractivity contribution in [3.8, 4) is 45.3 Å². The van der Waals surface area contributed by atoms with Crippen LogP contribution in [0.25, 0.3) is 33.5 Å². The van der Waals surface area contributed by atoms with Crippen molar-refractivity contribution in [3.63, 3.8) is 0 Å². The number of aromatic amines is 1. The zero-order chi connectivity index (χ0) is 24.6. The minimum Gasteiger partial charge on any atom is -0.507 e. The number of hydrogen-bond acceptors (Lipinski definition) is 3. The summed E-state index contributed by atoms with van der Waals surface area (Å²) >= 11 is 12.1.